The normalized spacial score (nSPS) is 13.7. The number of thioether (sulfide) groups is 1. The SMILES string of the molecule is Cc1c(NC(=O)C(Sc2ccc(NC(=O)C3CC3)cc2)c2ccccc2)c(=O)n(-c2ccccc2)n1C. The van der Waals surface area contributed by atoms with E-state index in [2.05, 4.69) is 10.6 Å². The van der Waals surface area contributed by atoms with Gasteiger partial charge in [-0.05, 0) is 61.7 Å². The fraction of sp³-hybridized carbons (Fsp3) is 0.207. The Morgan fingerprint density at radius 1 is 0.892 bits per heavy atom. The maximum absolute atomic E-state index is 13.6. The molecule has 3 aromatic carbocycles. The molecule has 2 amide bonds. The Kier molecular flexibility index (Phi) is 7.01. The number of anilines is 2. The lowest BCUT2D eigenvalue weighted by Gasteiger charge is -2.17. The molecule has 1 aliphatic carbocycles. The summed E-state index contributed by atoms with van der Waals surface area (Å²) in [6.07, 6.45) is 1.90. The van der Waals surface area contributed by atoms with E-state index in [1.165, 1.54) is 11.8 Å². The molecule has 0 radical (unpaired) electrons. The van der Waals surface area contributed by atoms with Gasteiger partial charge >= 0.3 is 0 Å². The number of aromatic nitrogens is 2. The summed E-state index contributed by atoms with van der Waals surface area (Å²) < 4.78 is 3.29. The molecule has 0 aliphatic heterocycles. The average molecular weight is 513 g/mol. The largest absolute Gasteiger partial charge is 0.326 e. The van der Waals surface area contributed by atoms with Gasteiger partial charge in [-0.15, -0.1) is 11.8 Å². The van der Waals surface area contributed by atoms with Crippen molar-refractivity contribution < 1.29 is 9.59 Å². The highest BCUT2D eigenvalue weighted by atomic mass is 32.2. The molecular weight excluding hydrogens is 484 g/mol. The smallest absolute Gasteiger partial charge is 0.295 e. The lowest BCUT2D eigenvalue weighted by molar-refractivity contribution is -0.117. The highest BCUT2D eigenvalue weighted by Gasteiger charge is 2.29. The summed E-state index contributed by atoms with van der Waals surface area (Å²) in [6, 6.07) is 26.3. The number of nitrogens with one attached hydrogen (secondary N) is 2. The Labute approximate surface area is 219 Å². The predicted octanol–water partition coefficient (Wildman–Crippen LogP) is 5.31. The topological polar surface area (TPSA) is 85.1 Å². The molecule has 4 aromatic rings. The third kappa shape index (κ3) is 5.39. The van der Waals surface area contributed by atoms with Gasteiger partial charge < -0.3 is 10.6 Å². The number of carbonyl (C=O) groups is 2. The van der Waals surface area contributed by atoms with Crippen molar-refractivity contribution >= 4 is 35.0 Å². The minimum absolute atomic E-state index is 0.0568. The summed E-state index contributed by atoms with van der Waals surface area (Å²) in [7, 11) is 1.80. The monoisotopic (exact) mass is 512 g/mol. The third-order valence-electron chi connectivity index (χ3n) is 6.47. The zero-order chi connectivity index (χ0) is 25.9. The van der Waals surface area contributed by atoms with Gasteiger partial charge in [-0.2, -0.15) is 0 Å². The van der Waals surface area contributed by atoms with E-state index in [4.69, 9.17) is 0 Å². The van der Waals surface area contributed by atoms with Crippen LogP contribution < -0.4 is 16.2 Å². The quantitative estimate of drug-likeness (QED) is 0.314. The van der Waals surface area contributed by atoms with E-state index in [0.717, 1.165) is 34.7 Å². The van der Waals surface area contributed by atoms with Crippen LogP contribution in [-0.2, 0) is 16.6 Å². The van der Waals surface area contributed by atoms with Gasteiger partial charge in [-0.3, -0.25) is 19.1 Å². The number of para-hydroxylation sites is 1. The molecular formula is C29H28N4O3S. The molecule has 37 heavy (non-hydrogen) atoms. The summed E-state index contributed by atoms with van der Waals surface area (Å²) in [4.78, 5) is 39.9. The minimum Gasteiger partial charge on any atom is -0.326 e. The first-order valence-electron chi connectivity index (χ1n) is 12.2. The molecule has 1 heterocycles. The van der Waals surface area contributed by atoms with Crippen molar-refractivity contribution in [2.75, 3.05) is 10.6 Å². The molecule has 8 heteroatoms. The fourth-order valence-electron chi connectivity index (χ4n) is 4.14. The van der Waals surface area contributed by atoms with Gasteiger partial charge in [0, 0.05) is 23.5 Å². The van der Waals surface area contributed by atoms with Crippen LogP contribution in [0.5, 0.6) is 0 Å². The first-order chi connectivity index (χ1) is 17.9. The molecule has 2 N–H and O–H groups in total. The molecule has 0 saturated heterocycles. The van der Waals surface area contributed by atoms with Crippen LogP contribution >= 0.6 is 11.8 Å². The van der Waals surface area contributed by atoms with Gasteiger partial charge in [0.1, 0.15) is 10.9 Å². The van der Waals surface area contributed by atoms with Gasteiger partial charge in [0.2, 0.25) is 11.8 Å². The maximum Gasteiger partial charge on any atom is 0.295 e. The van der Waals surface area contributed by atoms with Crippen LogP contribution in [-0.4, -0.2) is 21.2 Å². The molecule has 1 fully saturated rings. The van der Waals surface area contributed by atoms with E-state index in [1.807, 2.05) is 91.9 Å². The second kappa shape index (κ2) is 10.5. The van der Waals surface area contributed by atoms with Gasteiger partial charge in [-0.1, -0.05) is 48.5 Å². The van der Waals surface area contributed by atoms with Crippen LogP contribution in [0.2, 0.25) is 0 Å². The summed E-state index contributed by atoms with van der Waals surface area (Å²) in [5.41, 5.74) is 2.93. The molecule has 0 bridgehead atoms. The number of rotatable bonds is 8. The van der Waals surface area contributed by atoms with Gasteiger partial charge in [0.25, 0.3) is 5.56 Å². The van der Waals surface area contributed by atoms with Crippen LogP contribution in [0.1, 0.15) is 29.3 Å². The number of hydrogen-bond acceptors (Lipinski definition) is 4. The van der Waals surface area contributed by atoms with Crippen molar-refractivity contribution in [3.8, 4) is 5.69 Å². The molecule has 1 unspecified atom stereocenters. The second-order valence-electron chi connectivity index (χ2n) is 9.12. The Bertz CT molecular complexity index is 1470. The molecule has 1 atom stereocenters. The van der Waals surface area contributed by atoms with E-state index in [-0.39, 0.29) is 29.0 Å². The standard InChI is InChI=1S/C29H28N4O3S/c1-19-25(29(36)33(32(19)2)23-11-7-4-8-12-23)31-28(35)26(20-9-5-3-6-10-20)37-24-17-15-22(16-18-24)30-27(34)21-13-14-21/h3-12,15-18,21,26H,13-14H2,1-2H3,(H,30,34)(H,31,35). The minimum atomic E-state index is -0.586. The number of hydrogen-bond donors (Lipinski definition) is 2. The Hall–Kier alpha value is -4.04. The highest BCUT2D eigenvalue weighted by Crippen LogP contribution is 2.37. The van der Waals surface area contributed by atoms with E-state index >= 15 is 0 Å². The first kappa shape index (κ1) is 24.6. The third-order valence-corrected chi connectivity index (χ3v) is 7.73. The maximum atomic E-state index is 13.6. The van der Waals surface area contributed by atoms with Crippen molar-refractivity contribution in [3.05, 3.63) is 107 Å². The van der Waals surface area contributed by atoms with E-state index < -0.39 is 5.25 Å². The van der Waals surface area contributed by atoms with E-state index in [0.29, 0.717) is 5.69 Å². The van der Waals surface area contributed by atoms with Gasteiger partial charge in [0.15, 0.2) is 0 Å². The Balaban J connectivity index is 1.39. The fourth-order valence-corrected chi connectivity index (χ4v) is 5.17. The molecule has 0 spiro atoms. The van der Waals surface area contributed by atoms with Crippen LogP contribution in [0.3, 0.4) is 0 Å². The lowest BCUT2D eigenvalue weighted by Crippen LogP contribution is -2.25. The van der Waals surface area contributed by atoms with Crippen molar-refractivity contribution in [1.29, 1.82) is 0 Å². The summed E-state index contributed by atoms with van der Waals surface area (Å²) >= 11 is 1.39. The molecule has 5 rings (SSSR count). The van der Waals surface area contributed by atoms with Crippen molar-refractivity contribution in [2.45, 2.75) is 29.9 Å². The Morgan fingerprint density at radius 3 is 2.14 bits per heavy atom. The second-order valence-corrected chi connectivity index (χ2v) is 10.3. The van der Waals surface area contributed by atoms with Crippen molar-refractivity contribution in [1.82, 2.24) is 9.36 Å². The van der Waals surface area contributed by atoms with Crippen LogP contribution in [0.4, 0.5) is 11.4 Å². The number of carbonyl (C=O) groups excluding carboxylic acids is 2. The lowest BCUT2D eigenvalue weighted by atomic mass is 10.1. The zero-order valence-corrected chi connectivity index (χ0v) is 21.5. The summed E-state index contributed by atoms with van der Waals surface area (Å²) in [5.74, 6) is -0.0946. The summed E-state index contributed by atoms with van der Waals surface area (Å²) in [6.45, 7) is 1.82. The van der Waals surface area contributed by atoms with Crippen LogP contribution in [0.15, 0.2) is 94.6 Å². The molecule has 7 nitrogen and oxygen atoms in total. The number of amides is 2. The molecule has 1 aromatic heterocycles. The van der Waals surface area contributed by atoms with Crippen LogP contribution in [0.25, 0.3) is 5.69 Å². The first-order valence-corrected chi connectivity index (χ1v) is 13.1. The molecule has 1 saturated carbocycles. The Morgan fingerprint density at radius 2 is 1.51 bits per heavy atom. The summed E-state index contributed by atoms with van der Waals surface area (Å²) in [5, 5.41) is 5.27. The molecule has 1 aliphatic rings. The molecule has 188 valence electrons. The highest BCUT2D eigenvalue weighted by molar-refractivity contribution is 8.00. The average Bonchev–Trinajstić information content (AvgIpc) is 3.75. The van der Waals surface area contributed by atoms with Crippen molar-refractivity contribution in [3.63, 3.8) is 0 Å². The predicted molar refractivity (Wildman–Crippen MR) is 147 cm³/mol. The zero-order valence-electron chi connectivity index (χ0n) is 20.7. The van der Waals surface area contributed by atoms with E-state index in [1.54, 1.807) is 16.4 Å². The van der Waals surface area contributed by atoms with Gasteiger partial charge in [-0.25, -0.2) is 4.68 Å². The van der Waals surface area contributed by atoms with Crippen LogP contribution in [0, 0.1) is 12.8 Å². The van der Waals surface area contributed by atoms with Crippen molar-refractivity contribution in [2.24, 2.45) is 13.0 Å². The van der Waals surface area contributed by atoms with E-state index in [9.17, 15) is 14.4 Å². The number of benzene rings is 3. The number of nitrogens with zero attached hydrogens (tertiary/aromatic N) is 2. The van der Waals surface area contributed by atoms with Gasteiger partial charge in [0.05, 0.1) is 11.4 Å².